The summed E-state index contributed by atoms with van der Waals surface area (Å²) in [4.78, 5) is 25.7. The summed E-state index contributed by atoms with van der Waals surface area (Å²) in [5.74, 6) is -8.95. The Morgan fingerprint density at radius 1 is 1.33 bits per heavy atom. The Bertz CT molecular complexity index is 507. The summed E-state index contributed by atoms with van der Waals surface area (Å²) >= 11 is 0. The van der Waals surface area contributed by atoms with Crippen LogP contribution in [0.15, 0.2) is 6.07 Å². The standard InChI is InChI=1S/C9H7F3N2O4/c10-4-1-3(6(11)8(16)7(4)12)9(17)14-18-2-5(13)15/h1,16H,2H2,(H2,13,15)(H,14,17). The van der Waals surface area contributed by atoms with E-state index >= 15 is 0 Å². The monoisotopic (exact) mass is 264 g/mol. The van der Waals surface area contributed by atoms with Crippen molar-refractivity contribution in [2.75, 3.05) is 6.61 Å². The lowest BCUT2D eigenvalue weighted by Gasteiger charge is -2.07. The van der Waals surface area contributed by atoms with Gasteiger partial charge in [-0.2, -0.15) is 4.39 Å². The lowest BCUT2D eigenvalue weighted by atomic mass is 10.1. The smallest absolute Gasteiger partial charge is 0.278 e. The average molecular weight is 264 g/mol. The first-order valence-electron chi connectivity index (χ1n) is 4.41. The molecule has 1 aromatic carbocycles. The molecule has 18 heavy (non-hydrogen) atoms. The van der Waals surface area contributed by atoms with Gasteiger partial charge in [-0.3, -0.25) is 14.4 Å². The molecule has 0 atom stereocenters. The second-order valence-corrected chi connectivity index (χ2v) is 3.07. The number of carbonyl (C=O) groups is 2. The number of primary amides is 1. The van der Waals surface area contributed by atoms with E-state index in [9.17, 15) is 22.8 Å². The molecule has 1 rings (SSSR count). The van der Waals surface area contributed by atoms with Crippen LogP contribution in [0.2, 0.25) is 0 Å². The van der Waals surface area contributed by atoms with Crippen molar-refractivity contribution in [1.29, 1.82) is 0 Å². The van der Waals surface area contributed by atoms with Crippen molar-refractivity contribution in [3.63, 3.8) is 0 Å². The van der Waals surface area contributed by atoms with E-state index < -0.39 is 47.2 Å². The topological polar surface area (TPSA) is 102 Å². The fraction of sp³-hybridized carbons (Fsp3) is 0.111. The summed E-state index contributed by atoms with van der Waals surface area (Å²) < 4.78 is 38.8. The number of nitrogens with one attached hydrogen (secondary N) is 1. The molecule has 0 heterocycles. The molecule has 0 bridgehead atoms. The minimum absolute atomic E-state index is 0.230. The molecular formula is C9H7F3N2O4. The van der Waals surface area contributed by atoms with Gasteiger partial charge in [0.15, 0.2) is 24.0 Å². The molecule has 0 spiro atoms. The van der Waals surface area contributed by atoms with E-state index in [-0.39, 0.29) is 6.07 Å². The fourth-order valence-electron chi connectivity index (χ4n) is 0.983. The SMILES string of the molecule is NC(=O)CONC(=O)c1cc(F)c(F)c(O)c1F. The van der Waals surface area contributed by atoms with E-state index in [1.165, 1.54) is 0 Å². The minimum Gasteiger partial charge on any atom is -0.503 e. The van der Waals surface area contributed by atoms with Gasteiger partial charge in [0.2, 0.25) is 11.7 Å². The molecule has 9 heteroatoms. The molecule has 0 fully saturated rings. The van der Waals surface area contributed by atoms with Gasteiger partial charge in [-0.25, -0.2) is 14.3 Å². The number of phenols is 1. The van der Waals surface area contributed by atoms with Crippen molar-refractivity contribution in [2.45, 2.75) is 0 Å². The number of hydrogen-bond donors (Lipinski definition) is 3. The predicted octanol–water partition coefficient (Wildman–Crippen LogP) is -0.0438. The van der Waals surface area contributed by atoms with Gasteiger partial charge in [-0.05, 0) is 6.07 Å². The molecule has 0 aliphatic heterocycles. The molecule has 0 saturated heterocycles. The van der Waals surface area contributed by atoms with Crippen LogP contribution in [-0.4, -0.2) is 23.5 Å². The maximum absolute atomic E-state index is 13.2. The number of amides is 2. The summed E-state index contributed by atoms with van der Waals surface area (Å²) in [6.45, 7) is -0.691. The lowest BCUT2D eigenvalue weighted by molar-refractivity contribution is -0.124. The normalized spacial score (nSPS) is 10.2. The predicted molar refractivity (Wildman–Crippen MR) is 50.6 cm³/mol. The van der Waals surface area contributed by atoms with Crippen LogP contribution in [0, 0.1) is 17.5 Å². The van der Waals surface area contributed by atoms with Gasteiger partial charge in [0, 0.05) is 0 Å². The summed E-state index contributed by atoms with van der Waals surface area (Å²) in [5.41, 5.74) is 5.25. The maximum Gasteiger partial charge on any atom is 0.278 e. The van der Waals surface area contributed by atoms with Crippen LogP contribution in [0.4, 0.5) is 13.2 Å². The minimum atomic E-state index is -1.82. The first kappa shape index (κ1) is 13.8. The number of halogens is 3. The third-order valence-corrected chi connectivity index (χ3v) is 1.76. The van der Waals surface area contributed by atoms with Crippen LogP contribution in [0.25, 0.3) is 0 Å². The van der Waals surface area contributed by atoms with Crippen molar-refractivity contribution in [2.24, 2.45) is 5.73 Å². The van der Waals surface area contributed by atoms with Gasteiger partial charge in [-0.15, -0.1) is 0 Å². The van der Waals surface area contributed by atoms with Crippen LogP contribution < -0.4 is 11.2 Å². The van der Waals surface area contributed by atoms with Gasteiger partial charge < -0.3 is 10.8 Å². The molecule has 0 aliphatic rings. The quantitative estimate of drug-likeness (QED) is 0.524. The Labute approximate surface area is 98.1 Å². The average Bonchev–Trinajstić information content (AvgIpc) is 2.30. The summed E-state index contributed by atoms with van der Waals surface area (Å²) in [6, 6.07) is 0.230. The molecule has 0 aliphatic carbocycles. The zero-order valence-corrected chi connectivity index (χ0v) is 8.67. The second kappa shape index (κ2) is 5.36. The third kappa shape index (κ3) is 2.88. The highest BCUT2D eigenvalue weighted by molar-refractivity contribution is 5.94. The summed E-state index contributed by atoms with van der Waals surface area (Å²) in [5, 5.41) is 8.85. The molecular weight excluding hydrogens is 257 g/mol. The van der Waals surface area contributed by atoms with Crippen molar-refractivity contribution < 1.29 is 32.7 Å². The van der Waals surface area contributed by atoms with E-state index in [0.717, 1.165) is 0 Å². The van der Waals surface area contributed by atoms with Crippen molar-refractivity contribution >= 4 is 11.8 Å². The van der Waals surface area contributed by atoms with Crippen LogP contribution >= 0.6 is 0 Å². The van der Waals surface area contributed by atoms with Gasteiger partial charge in [0.05, 0.1) is 5.56 Å². The number of phenolic OH excluding ortho intramolecular Hbond substituents is 1. The highest BCUT2D eigenvalue weighted by atomic mass is 19.2. The Balaban J connectivity index is 2.90. The number of carbonyl (C=O) groups excluding carboxylic acids is 2. The largest absolute Gasteiger partial charge is 0.503 e. The van der Waals surface area contributed by atoms with Crippen LogP contribution in [0.1, 0.15) is 10.4 Å². The van der Waals surface area contributed by atoms with Gasteiger partial charge >= 0.3 is 0 Å². The van der Waals surface area contributed by atoms with E-state index in [2.05, 4.69) is 10.6 Å². The molecule has 0 unspecified atom stereocenters. The van der Waals surface area contributed by atoms with Crippen molar-refractivity contribution in [1.82, 2.24) is 5.48 Å². The van der Waals surface area contributed by atoms with Crippen LogP contribution in [0.3, 0.4) is 0 Å². The Hall–Kier alpha value is -2.29. The maximum atomic E-state index is 13.2. The number of nitrogens with two attached hydrogens (primary N) is 1. The molecule has 0 saturated carbocycles. The van der Waals surface area contributed by atoms with Crippen molar-refractivity contribution in [3.05, 3.63) is 29.1 Å². The number of aromatic hydroxyl groups is 1. The first-order valence-corrected chi connectivity index (χ1v) is 4.41. The summed E-state index contributed by atoms with van der Waals surface area (Å²) in [6.07, 6.45) is 0. The Kier molecular flexibility index (Phi) is 4.10. The molecule has 4 N–H and O–H groups in total. The third-order valence-electron chi connectivity index (χ3n) is 1.76. The zero-order valence-electron chi connectivity index (χ0n) is 8.67. The Morgan fingerprint density at radius 2 is 1.94 bits per heavy atom. The first-order chi connectivity index (χ1) is 8.34. The van der Waals surface area contributed by atoms with E-state index in [1.807, 2.05) is 0 Å². The molecule has 0 aromatic heterocycles. The van der Waals surface area contributed by atoms with E-state index in [0.29, 0.717) is 0 Å². The summed E-state index contributed by atoms with van der Waals surface area (Å²) in [7, 11) is 0. The molecule has 2 amide bonds. The van der Waals surface area contributed by atoms with E-state index in [4.69, 9.17) is 5.11 Å². The lowest BCUT2D eigenvalue weighted by Crippen LogP contribution is -2.30. The fourth-order valence-corrected chi connectivity index (χ4v) is 0.983. The zero-order chi connectivity index (χ0) is 13.9. The highest BCUT2D eigenvalue weighted by Gasteiger charge is 2.22. The molecule has 98 valence electrons. The number of hydroxylamine groups is 1. The molecule has 1 aromatic rings. The van der Waals surface area contributed by atoms with Gasteiger partial charge in [0.25, 0.3) is 5.91 Å². The number of rotatable bonds is 4. The number of benzene rings is 1. The second-order valence-electron chi connectivity index (χ2n) is 3.07. The molecule has 0 radical (unpaired) electrons. The highest BCUT2D eigenvalue weighted by Crippen LogP contribution is 2.25. The van der Waals surface area contributed by atoms with E-state index in [1.54, 1.807) is 5.48 Å². The van der Waals surface area contributed by atoms with Gasteiger partial charge in [-0.1, -0.05) is 0 Å². The Morgan fingerprint density at radius 3 is 2.50 bits per heavy atom. The van der Waals surface area contributed by atoms with Crippen molar-refractivity contribution in [3.8, 4) is 5.75 Å². The van der Waals surface area contributed by atoms with Crippen LogP contribution in [-0.2, 0) is 9.63 Å². The molecule has 6 nitrogen and oxygen atoms in total. The van der Waals surface area contributed by atoms with Crippen LogP contribution in [0.5, 0.6) is 5.75 Å². The van der Waals surface area contributed by atoms with Gasteiger partial charge in [0.1, 0.15) is 0 Å². The number of hydrogen-bond acceptors (Lipinski definition) is 4.